The largest absolute Gasteiger partial charge is 0.417 e. The number of benzene rings is 1. The Balaban J connectivity index is 2.45. The van der Waals surface area contributed by atoms with Crippen LogP contribution in [0.2, 0.25) is 0 Å². The monoisotopic (exact) mass is 308 g/mol. The fourth-order valence-corrected chi connectivity index (χ4v) is 4.00. The number of hydrogen-bond acceptors (Lipinski definition) is 3. The van der Waals surface area contributed by atoms with E-state index in [0.29, 0.717) is 12.8 Å². The molecule has 1 heterocycles. The van der Waals surface area contributed by atoms with E-state index in [-0.39, 0.29) is 19.1 Å². The molecule has 1 atom stereocenters. The van der Waals surface area contributed by atoms with Crippen LogP contribution >= 0.6 is 0 Å². The Hall–Kier alpha value is -1.12. The lowest BCUT2D eigenvalue weighted by atomic mass is 10.1. The maximum absolute atomic E-state index is 12.9. The average Bonchev–Trinajstić information content (AvgIpc) is 2.38. The summed E-state index contributed by atoms with van der Waals surface area (Å²) in [6.45, 7) is 0.247. The van der Waals surface area contributed by atoms with E-state index in [2.05, 4.69) is 0 Å². The highest BCUT2D eigenvalue weighted by Gasteiger charge is 2.39. The zero-order chi connectivity index (χ0) is 15.0. The minimum Gasteiger partial charge on any atom is -0.327 e. The third-order valence-electron chi connectivity index (χ3n) is 3.23. The molecule has 0 radical (unpaired) electrons. The zero-order valence-corrected chi connectivity index (χ0v) is 11.4. The standard InChI is InChI=1S/C12H15F3N2O2S/c13-12(14,15)10-5-1-2-6-11(10)20(18,19)17-7-3-4-9(16)8-17/h1-2,5-6,9H,3-4,7-8,16H2/t9-/m1/s1. The first-order valence-corrected chi connectivity index (χ1v) is 7.59. The van der Waals surface area contributed by atoms with E-state index in [9.17, 15) is 21.6 Å². The molecule has 0 spiro atoms. The van der Waals surface area contributed by atoms with Crippen molar-refractivity contribution in [1.82, 2.24) is 4.31 Å². The Labute approximate surface area is 115 Å². The van der Waals surface area contributed by atoms with Crippen LogP contribution in [-0.4, -0.2) is 31.9 Å². The summed E-state index contributed by atoms with van der Waals surface area (Å²) in [6, 6.07) is 3.88. The topological polar surface area (TPSA) is 63.4 Å². The van der Waals surface area contributed by atoms with Crippen LogP contribution in [0.5, 0.6) is 0 Å². The molecule has 0 amide bonds. The van der Waals surface area contributed by atoms with Crippen molar-refractivity contribution in [1.29, 1.82) is 0 Å². The van der Waals surface area contributed by atoms with Crippen molar-refractivity contribution in [3.05, 3.63) is 29.8 Å². The summed E-state index contributed by atoms with van der Waals surface area (Å²) in [5.41, 5.74) is 4.56. The van der Waals surface area contributed by atoms with Crippen molar-refractivity contribution in [2.45, 2.75) is 30.0 Å². The first kappa shape index (κ1) is 15.3. The number of nitrogens with zero attached hydrogens (tertiary/aromatic N) is 1. The fraction of sp³-hybridized carbons (Fsp3) is 0.500. The Kier molecular flexibility index (Phi) is 4.08. The second-order valence-electron chi connectivity index (χ2n) is 4.76. The van der Waals surface area contributed by atoms with Crippen LogP contribution in [0, 0.1) is 0 Å². The summed E-state index contributed by atoms with van der Waals surface area (Å²) in [4.78, 5) is -0.707. The van der Waals surface area contributed by atoms with Gasteiger partial charge < -0.3 is 5.73 Å². The molecule has 1 fully saturated rings. The molecular weight excluding hydrogens is 293 g/mol. The molecule has 4 nitrogen and oxygen atoms in total. The lowest BCUT2D eigenvalue weighted by Gasteiger charge is -2.30. The van der Waals surface area contributed by atoms with Crippen LogP contribution in [0.3, 0.4) is 0 Å². The Morgan fingerprint density at radius 1 is 1.25 bits per heavy atom. The minimum atomic E-state index is -4.71. The van der Waals surface area contributed by atoms with Crippen LogP contribution in [0.4, 0.5) is 13.2 Å². The van der Waals surface area contributed by atoms with Crippen molar-refractivity contribution in [3.63, 3.8) is 0 Å². The van der Waals surface area contributed by atoms with Gasteiger partial charge in [-0.05, 0) is 25.0 Å². The van der Waals surface area contributed by atoms with Crippen LogP contribution in [0.25, 0.3) is 0 Å². The van der Waals surface area contributed by atoms with Crippen LogP contribution in [0.1, 0.15) is 18.4 Å². The summed E-state index contributed by atoms with van der Waals surface area (Å²) >= 11 is 0. The number of hydrogen-bond donors (Lipinski definition) is 1. The molecule has 0 saturated carbocycles. The molecule has 1 aromatic carbocycles. The van der Waals surface area contributed by atoms with Gasteiger partial charge in [-0.3, -0.25) is 0 Å². The Morgan fingerprint density at radius 3 is 2.50 bits per heavy atom. The fourth-order valence-electron chi connectivity index (χ4n) is 2.26. The van der Waals surface area contributed by atoms with Gasteiger partial charge in [0.15, 0.2) is 0 Å². The number of nitrogens with two attached hydrogens (primary N) is 1. The first-order valence-electron chi connectivity index (χ1n) is 6.15. The van der Waals surface area contributed by atoms with E-state index in [0.717, 1.165) is 16.4 Å². The van der Waals surface area contributed by atoms with Crippen LogP contribution in [0.15, 0.2) is 29.2 Å². The minimum absolute atomic E-state index is 0.0501. The van der Waals surface area contributed by atoms with E-state index in [1.807, 2.05) is 0 Å². The summed E-state index contributed by atoms with van der Waals surface area (Å²) in [5.74, 6) is 0. The molecule has 0 aromatic heterocycles. The Bertz CT molecular complexity index is 587. The average molecular weight is 308 g/mol. The highest BCUT2D eigenvalue weighted by Crippen LogP contribution is 2.35. The van der Waals surface area contributed by atoms with Gasteiger partial charge >= 0.3 is 6.18 Å². The van der Waals surface area contributed by atoms with E-state index >= 15 is 0 Å². The molecule has 20 heavy (non-hydrogen) atoms. The third-order valence-corrected chi connectivity index (χ3v) is 5.15. The molecule has 1 aromatic rings. The first-order chi connectivity index (χ1) is 9.23. The number of rotatable bonds is 2. The van der Waals surface area contributed by atoms with Gasteiger partial charge in [0, 0.05) is 19.1 Å². The molecule has 0 unspecified atom stereocenters. The Morgan fingerprint density at radius 2 is 1.90 bits per heavy atom. The van der Waals surface area contributed by atoms with E-state index in [1.54, 1.807) is 0 Å². The predicted octanol–water partition coefficient (Wildman–Crippen LogP) is 1.82. The summed E-state index contributed by atoms with van der Waals surface area (Å²) < 4.78 is 64.5. The van der Waals surface area contributed by atoms with Crippen molar-refractivity contribution in [3.8, 4) is 0 Å². The molecule has 0 bridgehead atoms. The molecule has 8 heteroatoms. The van der Waals surface area contributed by atoms with Gasteiger partial charge in [0.1, 0.15) is 0 Å². The highest BCUT2D eigenvalue weighted by molar-refractivity contribution is 7.89. The van der Waals surface area contributed by atoms with Crippen molar-refractivity contribution in [2.75, 3.05) is 13.1 Å². The number of halogens is 3. The summed E-state index contributed by atoms with van der Waals surface area (Å²) in [6.07, 6.45) is -3.48. The quantitative estimate of drug-likeness (QED) is 0.906. The lowest BCUT2D eigenvalue weighted by Crippen LogP contribution is -2.45. The van der Waals surface area contributed by atoms with E-state index < -0.39 is 26.7 Å². The number of piperidine rings is 1. The lowest BCUT2D eigenvalue weighted by molar-refractivity contribution is -0.139. The van der Waals surface area contributed by atoms with Crippen molar-refractivity contribution >= 4 is 10.0 Å². The van der Waals surface area contributed by atoms with Gasteiger partial charge in [0.25, 0.3) is 0 Å². The normalized spacial score (nSPS) is 21.9. The van der Waals surface area contributed by atoms with Gasteiger partial charge in [-0.1, -0.05) is 12.1 Å². The maximum Gasteiger partial charge on any atom is 0.417 e. The summed E-state index contributed by atoms with van der Waals surface area (Å²) in [7, 11) is -4.18. The van der Waals surface area contributed by atoms with Gasteiger partial charge in [-0.15, -0.1) is 0 Å². The van der Waals surface area contributed by atoms with Crippen LogP contribution in [-0.2, 0) is 16.2 Å². The molecule has 1 aliphatic rings. The smallest absolute Gasteiger partial charge is 0.327 e. The molecule has 2 rings (SSSR count). The second kappa shape index (κ2) is 5.34. The second-order valence-corrected chi connectivity index (χ2v) is 6.67. The number of alkyl halides is 3. The molecule has 0 aliphatic carbocycles. The predicted molar refractivity (Wildman–Crippen MR) is 67.4 cm³/mol. The summed E-state index contributed by atoms with van der Waals surface area (Å²) in [5, 5.41) is 0. The van der Waals surface area contributed by atoms with Gasteiger partial charge in [-0.2, -0.15) is 17.5 Å². The molecule has 2 N–H and O–H groups in total. The van der Waals surface area contributed by atoms with Gasteiger partial charge in [0.05, 0.1) is 10.5 Å². The van der Waals surface area contributed by atoms with E-state index in [1.165, 1.54) is 12.1 Å². The van der Waals surface area contributed by atoms with Gasteiger partial charge in [-0.25, -0.2) is 8.42 Å². The third kappa shape index (κ3) is 2.97. The molecule has 1 aliphatic heterocycles. The van der Waals surface area contributed by atoms with Crippen molar-refractivity contribution < 1.29 is 21.6 Å². The zero-order valence-electron chi connectivity index (χ0n) is 10.6. The van der Waals surface area contributed by atoms with Crippen molar-refractivity contribution in [2.24, 2.45) is 5.73 Å². The molecular formula is C12H15F3N2O2S. The van der Waals surface area contributed by atoms with Crippen LogP contribution < -0.4 is 5.73 Å². The highest BCUT2D eigenvalue weighted by atomic mass is 32.2. The molecule has 1 saturated heterocycles. The SMILES string of the molecule is N[C@@H]1CCCN(S(=O)(=O)c2ccccc2C(F)(F)F)C1. The maximum atomic E-state index is 12.9. The van der Waals surface area contributed by atoms with Gasteiger partial charge in [0.2, 0.25) is 10.0 Å². The number of sulfonamides is 1. The van der Waals surface area contributed by atoms with E-state index in [4.69, 9.17) is 5.73 Å². The molecule has 112 valence electrons.